The van der Waals surface area contributed by atoms with Crippen LogP contribution in [-0.2, 0) is 31.0 Å². The molecule has 0 bridgehead atoms. The molecule has 4 amide bonds. The van der Waals surface area contributed by atoms with Gasteiger partial charge in [-0.05, 0) is 34.4 Å². The normalized spacial score (nSPS) is 19.0. The highest BCUT2D eigenvalue weighted by atomic mass is 32.2. The maximum absolute atomic E-state index is 13.2. The second-order valence-electron chi connectivity index (χ2n) is 8.11. The number of carbonyl (C=O) groups excluding carboxylic acids is 4. The molecule has 2 aliphatic heterocycles. The lowest BCUT2D eigenvalue weighted by Gasteiger charge is -2.49. The summed E-state index contributed by atoms with van der Waals surface area (Å²) in [6.07, 6.45) is 0. The van der Waals surface area contributed by atoms with Gasteiger partial charge in [-0.2, -0.15) is 0 Å². The lowest BCUT2D eigenvalue weighted by molar-refractivity contribution is -0.150. The number of aromatic nitrogens is 4. The van der Waals surface area contributed by atoms with Crippen LogP contribution in [0, 0.1) is 0 Å². The van der Waals surface area contributed by atoms with E-state index in [1.54, 1.807) is 31.5 Å². The summed E-state index contributed by atoms with van der Waals surface area (Å²) < 4.78 is 6.22. The quantitative estimate of drug-likeness (QED) is 0.150. The third-order valence-corrected chi connectivity index (χ3v) is 8.94. The smallest absolute Gasteiger partial charge is 0.352 e. The average Bonchev–Trinajstić information content (AvgIpc) is 3.59. The molecular weight excluding hydrogens is 572 g/mol. The number of thioether (sulfide) groups is 2. The van der Waals surface area contributed by atoms with Gasteiger partial charge in [0.2, 0.25) is 11.1 Å². The molecule has 1 saturated heterocycles. The minimum Gasteiger partial charge on any atom is -0.477 e. The molecule has 4 rings (SSSR count). The molecule has 0 aliphatic carbocycles. The summed E-state index contributed by atoms with van der Waals surface area (Å²) >= 11 is 3.80. The predicted octanol–water partition coefficient (Wildman–Crippen LogP) is -0.294. The minimum absolute atomic E-state index is 0.122. The van der Waals surface area contributed by atoms with E-state index in [2.05, 4.69) is 31.5 Å². The number of aliphatic carboxylic acids is 1. The van der Waals surface area contributed by atoms with Gasteiger partial charge in [0.15, 0.2) is 0 Å². The van der Waals surface area contributed by atoms with Crippen LogP contribution in [0.4, 0.5) is 4.79 Å². The molecule has 39 heavy (non-hydrogen) atoms. The van der Waals surface area contributed by atoms with Gasteiger partial charge in [-0.25, -0.2) is 14.3 Å². The molecule has 15 nitrogen and oxygen atoms in total. The molecule has 18 heteroatoms. The van der Waals surface area contributed by atoms with E-state index in [0.29, 0.717) is 21.4 Å². The molecule has 208 valence electrons. The number of aryl methyl sites for hydroxylation is 1. The second-order valence-corrected chi connectivity index (χ2v) is 11.1. The Hall–Kier alpha value is -3.64. The number of nitrogens with zero attached hydrogens (tertiary/aromatic N) is 5. The van der Waals surface area contributed by atoms with Crippen LogP contribution in [-0.4, -0.2) is 96.1 Å². The number of esters is 1. The number of carbonyl (C=O) groups is 5. The van der Waals surface area contributed by atoms with Gasteiger partial charge in [0.25, 0.3) is 5.91 Å². The Labute approximate surface area is 234 Å². The summed E-state index contributed by atoms with van der Waals surface area (Å²) in [6.45, 7) is 1.41. The first-order chi connectivity index (χ1) is 18.7. The van der Waals surface area contributed by atoms with E-state index in [-0.39, 0.29) is 24.6 Å². The Balaban J connectivity index is 1.42. The highest BCUT2D eigenvalue weighted by Crippen LogP contribution is 2.41. The molecule has 4 N–H and O–H groups in total. The van der Waals surface area contributed by atoms with Crippen LogP contribution in [0.25, 0.3) is 0 Å². The van der Waals surface area contributed by atoms with Gasteiger partial charge >= 0.3 is 18.0 Å². The van der Waals surface area contributed by atoms with Crippen molar-refractivity contribution in [3.8, 4) is 0 Å². The van der Waals surface area contributed by atoms with Crippen LogP contribution in [0.15, 0.2) is 33.9 Å². The number of rotatable bonds is 11. The van der Waals surface area contributed by atoms with Crippen molar-refractivity contribution < 1.29 is 33.8 Å². The van der Waals surface area contributed by atoms with Crippen LogP contribution < -0.4 is 16.0 Å². The Morgan fingerprint density at radius 3 is 2.77 bits per heavy atom. The number of thiophene rings is 1. The van der Waals surface area contributed by atoms with Crippen molar-refractivity contribution >= 4 is 64.6 Å². The third kappa shape index (κ3) is 6.34. The van der Waals surface area contributed by atoms with Crippen LogP contribution in [0.1, 0.15) is 17.8 Å². The number of nitrogens with one attached hydrogen (secondary N) is 3. The van der Waals surface area contributed by atoms with Crippen LogP contribution in [0.3, 0.4) is 0 Å². The lowest BCUT2D eigenvalue weighted by Crippen LogP contribution is -2.71. The zero-order valence-corrected chi connectivity index (χ0v) is 23.1. The number of hydrogen-bond acceptors (Lipinski definition) is 12. The van der Waals surface area contributed by atoms with Gasteiger partial charge in [-0.1, -0.05) is 17.8 Å². The SMILES string of the molecule is CCOC(=O)CNC(=O)NC(C(=O)N[C@H]1C(=O)N2C(C(=O)O)=C(CSc3nnnn3C)CSC12)c1cccs1. The topological polar surface area (TPSA) is 198 Å². The van der Waals surface area contributed by atoms with E-state index < -0.39 is 47.2 Å². The Kier molecular flexibility index (Phi) is 9.08. The van der Waals surface area contributed by atoms with Crippen molar-refractivity contribution in [3.05, 3.63) is 33.7 Å². The Bertz CT molecular complexity index is 1300. The standard InChI is InChI=1S/C21H24N8O7S3/c1-3-36-12(30)7-22-20(35)24-13(11-5-4-6-37-11)16(31)23-14-17(32)29-15(19(33)34)10(8-38-18(14)29)9-39-21-25-26-27-28(21)2/h4-6,13-14,18H,3,7-9H2,1-2H3,(H,23,31)(H,33,34)(H2,22,24,35)/t13?,14-,18?/m0/s1. The molecular formula is C21H24N8O7S3. The van der Waals surface area contributed by atoms with Crippen LogP contribution in [0.2, 0.25) is 0 Å². The van der Waals surface area contributed by atoms with E-state index >= 15 is 0 Å². The van der Waals surface area contributed by atoms with Crippen molar-refractivity contribution in [2.24, 2.45) is 7.05 Å². The number of amides is 4. The van der Waals surface area contributed by atoms with E-state index in [9.17, 15) is 29.1 Å². The average molecular weight is 597 g/mol. The molecule has 3 atom stereocenters. The van der Waals surface area contributed by atoms with Gasteiger partial charge < -0.3 is 25.8 Å². The van der Waals surface area contributed by atoms with Gasteiger partial charge in [-0.3, -0.25) is 19.3 Å². The first kappa shape index (κ1) is 28.4. The number of tetrazole rings is 1. The van der Waals surface area contributed by atoms with E-state index in [1.165, 1.54) is 44.4 Å². The molecule has 0 spiro atoms. The summed E-state index contributed by atoms with van der Waals surface area (Å²) in [5, 5.41) is 30.1. The summed E-state index contributed by atoms with van der Waals surface area (Å²) in [5.74, 6) is -2.52. The number of urea groups is 1. The predicted molar refractivity (Wildman–Crippen MR) is 139 cm³/mol. The Morgan fingerprint density at radius 1 is 1.33 bits per heavy atom. The first-order valence-electron chi connectivity index (χ1n) is 11.5. The fourth-order valence-corrected chi connectivity index (χ4v) is 6.90. The van der Waals surface area contributed by atoms with E-state index in [0.717, 1.165) is 0 Å². The van der Waals surface area contributed by atoms with Gasteiger partial charge in [0.1, 0.15) is 29.7 Å². The van der Waals surface area contributed by atoms with Crippen LogP contribution in [0.5, 0.6) is 0 Å². The van der Waals surface area contributed by atoms with Crippen molar-refractivity contribution in [2.45, 2.75) is 29.5 Å². The fraction of sp³-hybridized carbons (Fsp3) is 0.429. The second kappa shape index (κ2) is 12.5. The zero-order valence-electron chi connectivity index (χ0n) is 20.7. The largest absolute Gasteiger partial charge is 0.477 e. The van der Waals surface area contributed by atoms with E-state index in [1.807, 2.05) is 0 Å². The van der Waals surface area contributed by atoms with Crippen molar-refractivity contribution in [1.82, 2.24) is 41.1 Å². The summed E-state index contributed by atoms with van der Waals surface area (Å²) in [4.78, 5) is 64.0. The third-order valence-electron chi connectivity index (χ3n) is 5.57. The molecule has 0 aromatic carbocycles. The molecule has 2 aliphatic rings. The fourth-order valence-electron chi connectivity index (χ4n) is 3.79. The monoisotopic (exact) mass is 596 g/mol. The molecule has 1 fully saturated rings. The summed E-state index contributed by atoms with van der Waals surface area (Å²) in [5.41, 5.74) is 0.412. The number of fused-ring (bicyclic) bond motifs is 1. The highest BCUT2D eigenvalue weighted by Gasteiger charge is 2.54. The minimum atomic E-state index is -1.25. The Morgan fingerprint density at radius 2 is 2.13 bits per heavy atom. The van der Waals surface area contributed by atoms with Crippen LogP contribution >= 0.6 is 34.9 Å². The molecule has 2 aromatic rings. The summed E-state index contributed by atoms with van der Waals surface area (Å²) in [7, 11) is 1.66. The van der Waals surface area contributed by atoms with Crippen molar-refractivity contribution in [1.29, 1.82) is 0 Å². The molecule has 2 aromatic heterocycles. The maximum atomic E-state index is 13.2. The molecule has 4 heterocycles. The number of ether oxygens (including phenoxy) is 1. The highest BCUT2D eigenvalue weighted by molar-refractivity contribution is 8.01. The van der Waals surface area contributed by atoms with Gasteiger partial charge in [0, 0.05) is 23.4 Å². The molecule has 0 saturated carbocycles. The van der Waals surface area contributed by atoms with Crippen molar-refractivity contribution in [3.63, 3.8) is 0 Å². The maximum Gasteiger partial charge on any atom is 0.352 e. The number of hydrogen-bond donors (Lipinski definition) is 4. The van der Waals surface area contributed by atoms with Crippen molar-refractivity contribution in [2.75, 3.05) is 24.7 Å². The molecule has 2 unspecified atom stereocenters. The van der Waals surface area contributed by atoms with E-state index in [4.69, 9.17) is 4.74 Å². The molecule has 0 radical (unpaired) electrons. The lowest BCUT2D eigenvalue weighted by atomic mass is 10.0. The summed E-state index contributed by atoms with van der Waals surface area (Å²) in [6, 6.07) is 0.435. The van der Waals surface area contributed by atoms with Gasteiger partial charge in [-0.15, -0.1) is 28.2 Å². The number of β-lactam (4-membered cyclic amide) rings is 1. The van der Waals surface area contributed by atoms with Gasteiger partial charge in [0.05, 0.1) is 6.61 Å². The number of carboxylic acid groups (broad SMARTS) is 1. The number of carboxylic acids is 1. The first-order valence-corrected chi connectivity index (χ1v) is 14.4. The zero-order chi connectivity index (χ0) is 28.1.